The third kappa shape index (κ3) is 2.85. The van der Waals surface area contributed by atoms with E-state index in [2.05, 4.69) is 40.6 Å². The molecule has 3 N–H and O–H groups in total. The minimum atomic E-state index is 0.350. The van der Waals surface area contributed by atoms with Gasteiger partial charge in [-0.3, -0.25) is 0 Å². The van der Waals surface area contributed by atoms with Gasteiger partial charge in [-0.2, -0.15) is 0 Å². The van der Waals surface area contributed by atoms with Crippen molar-refractivity contribution < 1.29 is 0 Å². The maximum Gasteiger partial charge on any atom is 0.136 e. The van der Waals surface area contributed by atoms with Crippen LogP contribution in [-0.2, 0) is 6.54 Å². The zero-order valence-corrected chi connectivity index (χ0v) is 12.2. The molecule has 0 amide bonds. The number of pyridine rings is 1. The predicted molar refractivity (Wildman–Crippen MR) is 91.4 cm³/mol. The Morgan fingerprint density at radius 2 is 1.86 bits per heavy atom. The normalized spacial score (nSPS) is 10.5. The Morgan fingerprint density at radius 1 is 1.05 bits per heavy atom. The van der Waals surface area contributed by atoms with Crippen LogP contribution in [0.2, 0.25) is 0 Å². The molecule has 0 aliphatic carbocycles. The van der Waals surface area contributed by atoms with Gasteiger partial charge >= 0.3 is 0 Å². The summed E-state index contributed by atoms with van der Waals surface area (Å²) in [6, 6.07) is 18.3. The Kier molecular flexibility index (Phi) is 3.79. The van der Waals surface area contributed by atoms with E-state index >= 15 is 0 Å². The molecular weight excluding hydrogens is 278 g/mol. The summed E-state index contributed by atoms with van der Waals surface area (Å²) >= 11 is 5.06. The molecule has 0 radical (unpaired) electrons. The first-order valence-corrected chi connectivity index (χ1v) is 7.12. The molecule has 1 heterocycles. The van der Waals surface area contributed by atoms with Gasteiger partial charge < -0.3 is 11.1 Å². The number of nitrogens with zero attached hydrogens (tertiary/aromatic N) is 1. The molecule has 0 aliphatic rings. The van der Waals surface area contributed by atoms with Crippen molar-refractivity contribution in [1.29, 1.82) is 0 Å². The van der Waals surface area contributed by atoms with E-state index < -0.39 is 0 Å². The maximum atomic E-state index is 5.73. The Morgan fingerprint density at radius 3 is 2.71 bits per heavy atom. The van der Waals surface area contributed by atoms with Crippen LogP contribution in [0.15, 0.2) is 60.8 Å². The Hall–Kier alpha value is -2.46. The first-order valence-electron chi connectivity index (χ1n) is 6.71. The van der Waals surface area contributed by atoms with Gasteiger partial charge in [-0.1, -0.05) is 54.7 Å². The third-order valence-electron chi connectivity index (χ3n) is 3.40. The van der Waals surface area contributed by atoms with Crippen molar-refractivity contribution in [2.45, 2.75) is 6.54 Å². The van der Waals surface area contributed by atoms with Crippen LogP contribution in [-0.4, -0.2) is 9.97 Å². The van der Waals surface area contributed by atoms with Crippen LogP contribution in [0, 0.1) is 0 Å². The van der Waals surface area contributed by atoms with Gasteiger partial charge in [-0.05, 0) is 28.5 Å². The van der Waals surface area contributed by atoms with Gasteiger partial charge in [0.2, 0.25) is 0 Å². The summed E-state index contributed by atoms with van der Waals surface area (Å²) in [7, 11) is 0. The number of nitrogens with one attached hydrogen (secondary N) is 1. The summed E-state index contributed by atoms with van der Waals surface area (Å²) in [6.45, 7) is 0.675. The smallest absolute Gasteiger partial charge is 0.136 e. The number of hydrogen-bond acceptors (Lipinski definition) is 3. The van der Waals surface area contributed by atoms with Gasteiger partial charge in [0.05, 0.1) is 5.56 Å². The monoisotopic (exact) mass is 293 g/mol. The molecule has 0 bridgehead atoms. The molecule has 0 spiro atoms. The molecule has 1 aromatic heterocycles. The number of anilines is 1. The Balaban J connectivity index is 1.89. The number of nitrogens with two attached hydrogens (primary N) is 1. The van der Waals surface area contributed by atoms with Gasteiger partial charge in [0.15, 0.2) is 0 Å². The summed E-state index contributed by atoms with van der Waals surface area (Å²) in [5, 5.41) is 5.79. The molecule has 0 saturated heterocycles. The highest BCUT2D eigenvalue weighted by Gasteiger charge is 2.06. The second-order valence-corrected chi connectivity index (χ2v) is 5.20. The van der Waals surface area contributed by atoms with Crippen molar-refractivity contribution in [1.82, 2.24) is 4.98 Å². The van der Waals surface area contributed by atoms with Crippen LogP contribution in [0.5, 0.6) is 0 Å². The van der Waals surface area contributed by atoms with Gasteiger partial charge in [-0.25, -0.2) is 4.98 Å². The van der Waals surface area contributed by atoms with E-state index in [-0.39, 0.29) is 0 Å². The summed E-state index contributed by atoms with van der Waals surface area (Å²) in [5.74, 6) is 0.720. The lowest BCUT2D eigenvalue weighted by Crippen LogP contribution is -2.14. The summed E-state index contributed by atoms with van der Waals surface area (Å²) in [4.78, 5) is 4.67. The van der Waals surface area contributed by atoms with E-state index in [4.69, 9.17) is 18.0 Å². The van der Waals surface area contributed by atoms with Crippen LogP contribution in [0.3, 0.4) is 0 Å². The number of aromatic nitrogens is 1. The second-order valence-electron chi connectivity index (χ2n) is 4.76. The molecule has 3 nitrogen and oxygen atoms in total. The lowest BCUT2D eigenvalue weighted by molar-refractivity contribution is 1.12. The molecule has 0 aliphatic heterocycles. The minimum Gasteiger partial charge on any atom is -0.389 e. The number of rotatable bonds is 4. The molecule has 0 atom stereocenters. The zero-order chi connectivity index (χ0) is 14.7. The molecule has 0 unspecified atom stereocenters. The fourth-order valence-electron chi connectivity index (χ4n) is 2.37. The van der Waals surface area contributed by atoms with E-state index in [1.807, 2.05) is 24.3 Å². The highest BCUT2D eigenvalue weighted by Crippen LogP contribution is 2.20. The quantitative estimate of drug-likeness (QED) is 0.723. The van der Waals surface area contributed by atoms with Crippen molar-refractivity contribution in [3.8, 4) is 0 Å². The van der Waals surface area contributed by atoms with Crippen molar-refractivity contribution in [3.63, 3.8) is 0 Å². The molecule has 0 fully saturated rings. The number of benzene rings is 2. The number of fused-ring (bicyclic) bond motifs is 1. The van der Waals surface area contributed by atoms with E-state index in [0.29, 0.717) is 11.5 Å². The third-order valence-corrected chi connectivity index (χ3v) is 3.62. The molecule has 2 aromatic carbocycles. The molecule has 0 saturated carbocycles. The summed E-state index contributed by atoms with van der Waals surface area (Å²) < 4.78 is 0. The number of hydrogen-bond donors (Lipinski definition) is 2. The van der Waals surface area contributed by atoms with Crippen molar-refractivity contribution in [2.24, 2.45) is 5.73 Å². The average molecular weight is 293 g/mol. The van der Waals surface area contributed by atoms with E-state index in [1.54, 1.807) is 6.20 Å². The van der Waals surface area contributed by atoms with Gasteiger partial charge in [0.25, 0.3) is 0 Å². The largest absolute Gasteiger partial charge is 0.389 e. The average Bonchev–Trinajstić information content (AvgIpc) is 2.53. The lowest BCUT2D eigenvalue weighted by atomic mass is 10.0. The Labute approximate surface area is 128 Å². The van der Waals surface area contributed by atoms with Gasteiger partial charge in [0.1, 0.15) is 10.8 Å². The summed E-state index contributed by atoms with van der Waals surface area (Å²) in [6.07, 6.45) is 1.73. The van der Waals surface area contributed by atoms with Crippen molar-refractivity contribution in [2.75, 3.05) is 5.32 Å². The van der Waals surface area contributed by atoms with Gasteiger partial charge in [0, 0.05) is 12.7 Å². The Bertz CT molecular complexity index is 793. The summed E-state index contributed by atoms with van der Waals surface area (Å²) in [5.41, 5.74) is 7.71. The fourth-order valence-corrected chi connectivity index (χ4v) is 2.54. The number of thiocarbonyl (C=S) groups is 1. The fraction of sp³-hybridized carbons (Fsp3) is 0.0588. The van der Waals surface area contributed by atoms with Crippen molar-refractivity contribution in [3.05, 3.63) is 71.9 Å². The lowest BCUT2D eigenvalue weighted by Gasteiger charge is -2.11. The highest BCUT2D eigenvalue weighted by atomic mass is 32.1. The zero-order valence-electron chi connectivity index (χ0n) is 11.4. The topological polar surface area (TPSA) is 50.9 Å². The van der Waals surface area contributed by atoms with Crippen LogP contribution in [0.4, 0.5) is 5.82 Å². The predicted octanol–water partition coefficient (Wildman–Crippen LogP) is 3.48. The van der Waals surface area contributed by atoms with Crippen LogP contribution < -0.4 is 11.1 Å². The minimum absolute atomic E-state index is 0.350. The SMILES string of the molecule is NC(=S)c1cccnc1NCc1cccc2ccccc12. The first kappa shape index (κ1) is 13.5. The van der Waals surface area contributed by atoms with E-state index in [1.165, 1.54) is 16.3 Å². The highest BCUT2D eigenvalue weighted by molar-refractivity contribution is 7.80. The maximum absolute atomic E-state index is 5.73. The molecule has 3 rings (SSSR count). The van der Waals surface area contributed by atoms with Crippen LogP contribution in [0.25, 0.3) is 10.8 Å². The standard InChI is InChI=1S/C17H15N3S/c18-16(21)15-9-4-10-19-17(15)20-11-13-7-3-6-12-5-1-2-8-14(12)13/h1-10H,11H2,(H2,18,21)(H,19,20). The first-order chi connectivity index (χ1) is 10.3. The molecule has 3 aromatic rings. The molecule has 104 valence electrons. The molecule has 4 heteroatoms. The van der Waals surface area contributed by atoms with Crippen molar-refractivity contribution >= 4 is 33.8 Å². The molecular formula is C17H15N3S. The van der Waals surface area contributed by atoms with Gasteiger partial charge in [-0.15, -0.1) is 0 Å². The van der Waals surface area contributed by atoms with Crippen LogP contribution in [0.1, 0.15) is 11.1 Å². The molecule has 21 heavy (non-hydrogen) atoms. The van der Waals surface area contributed by atoms with E-state index in [0.717, 1.165) is 11.4 Å². The second kappa shape index (κ2) is 5.89. The van der Waals surface area contributed by atoms with Crippen LogP contribution >= 0.6 is 12.2 Å². The van der Waals surface area contributed by atoms with E-state index in [9.17, 15) is 0 Å².